The topological polar surface area (TPSA) is 56.2 Å². The number of rotatable bonds is 5. The third-order valence-corrected chi connectivity index (χ3v) is 4.57. The van der Waals surface area contributed by atoms with Crippen LogP contribution in [0.3, 0.4) is 0 Å². The molecule has 130 valence electrons. The summed E-state index contributed by atoms with van der Waals surface area (Å²) in [5.74, 6) is 1.54. The minimum atomic E-state index is -0.455. The van der Waals surface area contributed by atoms with E-state index in [-0.39, 0.29) is 6.09 Å². The number of alkyl carbamates (subject to hydrolysis) is 1. The minimum absolute atomic E-state index is 0.357. The summed E-state index contributed by atoms with van der Waals surface area (Å²) < 4.78 is 7.50. The maximum atomic E-state index is 11.7. The fourth-order valence-electron chi connectivity index (χ4n) is 3.24. The second-order valence-corrected chi connectivity index (χ2v) is 7.74. The number of hydrogen-bond acceptors (Lipinski definition) is 3. The number of carbonyl (C=O) groups excluding carboxylic acids is 1. The van der Waals surface area contributed by atoms with Crippen molar-refractivity contribution in [1.29, 1.82) is 0 Å². The summed E-state index contributed by atoms with van der Waals surface area (Å²) in [6, 6.07) is 0. The van der Waals surface area contributed by atoms with Crippen molar-refractivity contribution in [3.63, 3.8) is 0 Å². The fraction of sp³-hybridized carbons (Fsp3) is 0.778. The van der Waals surface area contributed by atoms with Crippen molar-refractivity contribution in [2.75, 3.05) is 6.54 Å². The number of aromatic nitrogens is 2. The molecule has 2 atom stereocenters. The Kier molecular flexibility index (Phi) is 6.08. The summed E-state index contributed by atoms with van der Waals surface area (Å²) in [4.78, 5) is 16.0. The molecule has 1 heterocycles. The van der Waals surface area contributed by atoms with E-state index in [9.17, 15) is 4.79 Å². The molecule has 0 saturated heterocycles. The molecule has 2 rings (SSSR count). The van der Waals surface area contributed by atoms with Gasteiger partial charge in [0.15, 0.2) is 0 Å². The molecule has 1 aromatic heterocycles. The number of hydrogen-bond donors (Lipinski definition) is 1. The summed E-state index contributed by atoms with van der Waals surface area (Å²) in [6.45, 7) is 9.58. The lowest BCUT2D eigenvalue weighted by atomic mass is 9.80. The molecule has 0 radical (unpaired) electrons. The van der Waals surface area contributed by atoms with Crippen molar-refractivity contribution in [3.05, 3.63) is 18.2 Å². The molecule has 1 aromatic rings. The van der Waals surface area contributed by atoms with Crippen molar-refractivity contribution in [2.45, 2.75) is 71.9 Å². The van der Waals surface area contributed by atoms with E-state index in [1.54, 1.807) is 0 Å². The highest BCUT2D eigenvalue weighted by atomic mass is 16.6. The molecule has 1 saturated carbocycles. The van der Waals surface area contributed by atoms with Crippen LogP contribution in [0.1, 0.15) is 59.1 Å². The van der Waals surface area contributed by atoms with E-state index in [1.807, 2.05) is 33.3 Å². The molecule has 0 aromatic carbocycles. The first kappa shape index (κ1) is 17.8. The van der Waals surface area contributed by atoms with Gasteiger partial charge in [0, 0.05) is 31.4 Å². The number of nitrogens with one attached hydrogen (secondary N) is 1. The first-order valence-electron chi connectivity index (χ1n) is 8.81. The van der Waals surface area contributed by atoms with Gasteiger partial charge in [0.25, 0.3) is 0 Å². The van der Waals surface area contributed by atoms with Gasteiger partial charge >= 0.3 is 6.09 Å². The Bertz CT molecular complexity index is 505. The highest BCUT2D eigenvalue weighted by molar-refractivity contribution is 5.67. The number of nitrogens with zero attached hydrogens (tertiary/aromatic N) is 2. The van der Waals surface area contributed by atoms with Crippen LogP contribution in [0.5, 0.6) is 0 Å². The molecule has 23 heavy (non-hydrogen) atoms. The van der Waals surface area contributed by atoms with Crippen molar-refractivity contribution in [1.82, 2.24) is 14.9 Å². The van der Waals surface area contributed by atoms with Gasteiger partial charge in [-0.25, -0.2) is 9.78 Å². The number of carbonyl (C=O) groups is 1. The summed E-state index contributed by atoms with van der Waals surface area (Å²) in [6.07, 6.45) is 9.62. The third-order valence-electron chi connectivity index (χ3n) is 4.57. The zero-order valence-electron chi connectivity index (χ0n) is 15.0. The Balaban J connectivity index is 1.80. The minimum Gasteiger partial charge on any atom is -0.444 e. The first-order chi connectivity index (χ1) is 10.8. The van der Waals surface area contributed by atoms with Gasteiger partial charge in [0.05, 0.1) is 6.33 Å². The lowest BCUT2D eigenvalue weighted by molar-refractivity contribution is 0.0528. The van der Waals surface area contributed by atoms with Crippen LogP contribution in [0.25, 0.3) is 0 Å². The molecule has 1 N–H and O–H groups in total. The SMILES string of the molecule is CC1CCCCC1Cn1cncc1CCNC(=O)OC(C)(C)C. The van der Waals surface area contributed by atoms with Crippen LogP contribution in [-0.4, -0.2) is 27.8 Å². The molecule has 1 amide bonds. The average Bonchev–Trinajstić information content (AvgIpc) is 2.87. The molecule has 1 fully saturated rings. The van der Waals surface area contributed by atoms with E-state index in [1.165, 1.54) is 31.4 Å². The van der Waals surface area contributed by atoms with Crippen LogP contribution >= 0.6 is 0 Å². The molecule has 1 aliphatic carbocycles. The highest BCUT2D eigenvalue weighted by Gasteiger charge is 2.22. The molecule has 5 nitrogen and oxygen atoms in total. The van der Waals surface area contributed by atoms with E-state index < -0.39 is 5.60 Å². The van der Waals surface area contributed by atoms with Crippen LogP contribution in [0.4, 0.5) is 4.79 Å². The van der Waals surface area contributed by atoms with Crippen LogP contribution in [0.2, 0.25) is 0 Å². The third kappa shape index (κ3) is 5.88. The highest BCUT2D eigenvalue weighted by Crippen LogP contribution is 2.30. The van der Waals surface area contributed by atoms with Crippen molar-refractivity contribution < 1.29 is 9.53 Å². The Hall–Kier alpha value is -1.52. The van der Waals surface area contributed by atoms with Gasteiger partial charge in [0.2, 0.25) is 0 Å². The molecule has 1 aliphatic rings. The standard InChI is InChI=1S/C18H31N3O2/c1-14-7-5-6-8-15(14)12-21-13-19-11-16(21)9-10-20-17(22)23-18(2,3)4/h11,13-15H,5-10,12H2,1-4H3,(H,20,22). The van der Waals surface area contributed by atoms with E-state index in [0.717, 1.165) is 24.8 Å². The predicted octanol–water partition coefficient (Wildman–Crippen LogP) is 3.78. The lowest BCUT2D eigenvalue weighted by Crippen LogP contribution is -2.33. The van der Waals surface area contributed by atoms with E-state index in [2.05, 4.69) is 21.8 Å². The number of ether oxygens (including phenoxy) is 1. The molecular weight excluding hydrogens is 290 g/mol. The van der Waals surface area contributed by atoms with E-state index >= 15 is 0 Å². The average molecular weight is 321 g/mol. The summed E-state index contributed by atoms with van der Waals surface area (Å²) in [5.41, 5.74) is 0.724. The fourth-order valence-corrected chi connectivity index (χ4v) is 3.24. The summed E-state index contributed by atoms with van der Waals surface area (Å²) >= 11 is 0. The van der Waals surface area contributed by atoms with Gasteiger partial charge < -0.3 is 14.6 Å². The van der Waals surface area contributed by atoms with Gasteiger partial charge in [0.1, 0.15) is 5.60 Å². The summed E-state index contributed by atoms with van der Waals surface area (Å²) in [7, 11) is 0. The van der Waals surface area contributed by atoms with Crippen molar-refractivity contribution in [2.24, 2.45) is 11.8 Å². The Labute approximate surface area is 139 Å². The van der Waals surface area contributed by atoms with Crippen LogP contribution < -0.4 is 5.32 Å². The molecule has 0 aliphatic heterocycles. The molecule has 5 heteroatoms. The Morgan fingerprint density at radius 2 is 2.13 bits per heavy atom. The largest absolute Gasteiger partial charge is 0.444 e. The molecule has 0 spiro atoms. The maximum absolute atomic E-state index is 11.7. The lowest BCUT2D eigenvalue weighted by Gasteiger charge is -2.29. The predicted molar refractivity (Wildman–Crippen MR) is 91.3 cm³/mol. The van der Waals surface area contributed by atoms with Gasteiger partial charge in [-0.05, 0) is 39.0 Å². The van der Waals surface area contributed by atoms with Gasteiger partial charge in [-0.3, -0.25) is 0 Å². The number of imidazole rings is 1. The van der Waals surface area contributed by atoms with E-state index in [4.69, 9.17) is 4.74 Å². The first-order valence-corrected chi connectivity index (χ1v) is 8.81. The molecular formula is C18H31N3O2. The van der Waals surface area contributed by atoms with Gasteiger partial charge in [-0.15, -0.1) is 0 Å². The van der Waals surface area contributed by atoms with Crippen LogP contribution in [0.15, 0.2) is 12.5 Å². The molecule has 0 bridgehead atoms. The monoisotopic (exact) mass is 321 g/mol. The van der Waals surface area contributed by atoms with Crippen LogP contribution in [-0.2, 0) is 17.7 Å². The van der Waals surface area contributed by atoms with Crippen LogP contribution in [0, 0.1) is 11.8 Å². The molecule has 2 unspecified atom stereocenters. The van der Waals surface area contributed by atoms with Crippen molar-refractivity contribution >= 4 is 6.09 Å². The smallest absolute Gasteiger partial charge is 0.407 e. The quantitative estimate of drug-likeness (QED) is 0.898. The van der Waals surface area contributed by atoms with Gasteiger partial charge in [-0.1, -0.05) is 26.2 Å². The van der Waals surface area contributed by atoms with E-state index in [0.29, 0.717) is 6.54 Å². The second-order valence-electron chi connectivity index (χ2n) is 7.74. The maximum Gasteiger partial charge on any atom is 0.407 e. The zero-order valence-corrected chi connectivity index (χ0v) is 15.0. The number of amides is 1. The van der Waals surface area contributed by atoms with Gasteiger partial charge in [-0.2, -0.15) is 0 Å². The van der Waals surface area contributed by atoms with Crippen molar-refractivity contribution in [3.8, 4) is 0 Å². The Morgan fingerprint density at radius 1 is 1.39 bits per heavy atom. The summed E-state index contributed by atoms with van der Waals surface area (Å²) in [5, 5.41) is 2.81. The second kappa shape index (κ2) is 7.84. The Morgan fingerprint density at radius 3 is 2.83 bits per heavy atom. The zero-order chi connectivity index (χ0) is 16.9. The normalized spacial score (nSPS) is 21.9.